The van der Waals surface area contributed by atoms with Crippen LogP contribution in [0, 0.1) is 11.3 Å². The van der Waals surface area contributed by atoms with E-state index in [0.717, 1.165) is 0 Å². The fourth-order valence-electron chi connectivity index (χ4n) is 1.84. The van der Waals surface area contributed by atoms with Crippen molar-refractivity contribution in [2.45, 2.75) is 0 Å². The molecule has 0 atom stereocenters. The van der Waals surface area contributed by atoms with E-state index in [2.05, 4.69) is 10.6 Å². The van der Waals surface area contributed by atoms with Crippen LogP contribution in [0.3, 0.4) is 0 Å². The van der Waals surface area contributed by atoms with Crippen molar-refractivity contribution in [2.75, 3.05) is 25.1 Å². The highest BCUT2D eigenvalue weighted by molar-refractivity contribution is 6.30. The lowest BCUT2D eigenvalue weighted by Gasteiger charge is -2.10. The van der Waals surface area contributed by atoms with Crippen molar-refractivity contribution >= 4 is 23.3 Å². The molecule has 0 spiro atoms. The molecule has 7 heteroatoms. The maximum absolute atomic E-state index is 11.8. The molecule has 2 aromatic rings. The van der Waals surface area contributed by atoms with Crippen LogP contribution in [0.25, 0.3) is 0 Å². The normalized spacial score (nSPS) is 9.67. The van der Waals surface area contributed by atoms with Crippen molar-refractivity contribution < 1.29 is 14.3 Å². The van der Waals surface area contributed by atoms with Gasteiger partial charge >= 0.3 is 6.03 Å². The van der Waals surface area contributed by atoms with Gasteiger partial charge in [-0.25, -0.2) is 4.79 Å². The van der Waals surface area contributed by atoms with E-state index < -0.39 is 0 Å². The van der Waals surface area contributed by atoms with Gasteiger partial charge in [-0.15, -0.1) is 0 Å². The van der Waals surface area contributed by atoms with E-state index >= 15 is 0 Å². The van der Waals surface area contributed by atoms with Crippen molar-refractivity contribution in [3.63, 3.8) is 0 Å². The molecule has 0 aliphatic heterocycles. The molecule has 2 N–H and O–H groups in total. The lowest BCUT2D eigenvalue weighted by Crippen LogP contribution is -2.32. The van der Waals surface area contributed by atoms with E-state index in [0.29, 0.717) is 35.4 Å². The number of urea groups is 1. The van der Waals surface area contributed by atoms with Crippen LogP contribution in [0.2, 0.25) is 5.02 Å². The number of carbonyl (C=O) groups excluding carboxylic acids is 1. The molecule has 2 amide bonds. The summed E-state index contributed by atoms with van der Waals surface area (Å²) in [6.07, 6.45) is 0. The summed E-state index contributed by atoms with van der Waals surface area (Å²) in [4.78, 5) is 11.8. The second kappa shape index (κ2) is 9.28. The number of rotatable bonds is 7. The SMILES string of the molecule is N#CCOc1cccc(NC(=O)NCCOc2cccc(Cl)c2)c1. The lowest BCUT2D eigenvalue weighted by atomic mass is 10.3. The van der Waals surface area contributed by atoms with Gasteiger partial charge < -0.3 is 20.1 Å². The summed E-state index contributed by atoms with van der Waals surface area (Å²) in [5.41, 5.74) is 0.568. The first-order chi connectivity index (χ1) is 11.7. The molecule has 0 fully saturated rings. The van der Waals surface area contributed by atoms with Gasteiger partial charge in [-0.2, -0.15) is 5.26 Å². The Morgan fingerprint density at radius 1 is 1.12 bits per heavy atom. The van der Waals surface area contributed by atoms with Gasteiger partial charge in [-0.05, 0) is 30.3 Å². The van der Waals surface area contributed by atoms with Gasteiger partial charge in [0.1, 0.15) is 24.2 Å². The van der Waals surface area contributed by atoms with E-state index in [-0.39, 0.29) is 12.6 Å². The van der Waals surface area contributed by atoms with Crippen molar-refractivity contribution in [3.05, 3.63) is 53.6 Å². The number of carbonyl (C=O) groups is 1. The van der Waals surface area contributed by atoms with E-state index in [9.17, 15) is 4.79 Å². The summed E-state index contributed by atoms with van der Waals surface area (Å²) >= 11 is 5.86. The molecule has 2 aromatic carbocycles. The molecule has 0 aromatic heterocycles. The highest BCUT2D eigenvalue weighted by Gasteiger charge is 2.03. The molecule has 0 unspecified atom stereocenters. The topological polar surface area (TPSA) is 83.4 Å². The van der Waals surface area contributed by atoms with Gasteiger partial charge in [0, 0.05) is 16.8 Å². The average Bonchev–Trinajstić information content (AvgIpc) is 2.57. The highest BCUT2D eigenvalue weighted by Crippen LogP contribution is 2.17. The van der Waals surface area contributed by atoms with E-state index in [4.69, 9.17) is 26.3 Å². The largest absolute Gasteiger partial charge is 0.492 e. The van der Waals surface area contributed by atoms with Crippen molar-refractivity contribution in [3.8, 4) is 17.6 Å². The van der Waals surface area contributed by atoms with Crippen molar-refractivity contribution in [1.82, 2.24) is 5.32 Å². The number of hydrogen-bond acceptors (Lipinski definition) is 4. The van der Waals surface area contributed by atoms with Crippen LogP contribution < -0.4 is 20.1 Å². The van der Waals surface area contributed by atoms with Crippen molar-refractivity contribution in [1.29, 1.82) is 5.26 Å². The molecule has 0 aliphatic rings. The fraction of sp³-hybridized carbons (Fsp3) is 0.176. The zero-order chi connectivity index (χ0) is 17.2. The number of amides is 2. The summed E-state index contributed by atoms with van der Waals surface area (Å²) in [5, 5.41) is 14.4. The Balaban J connectivity index is 1.72. The molecule has 0 bridgehead atoms. The van der Waals surface area contributed by atoms with Crippen LogP contribution in [0.5, 0.6) is 11.5 Å². The molecule has 0 radical (unpaired) electrons. The Kier molecular flexibility index (Phi) is 6.74. The first-order valence-electron chi connectivity index (χ1n) is 7.20. The van der Waals surface area contributed by atoms with Crippen LogP contribution in [0.4, 0.5) is 10.5 Å². The van der Waals surface area contributed by atoms with Gasteiger partial charge in [-0.3, -0.25) is 0 Å². The third-order valence-electron chi connectivity index (χ3n) is 2.85. The Bertz CT molecular complexity index is 731. The van der Waals surface area contributed by atoms with Crippen LogP contribution in [-0.4, -0.2) is 25.8 Å². The molecule has 0 aliphatic carbocycles. The van der Waals surface area contributed by atoms with Crippen LogP contribution in [0.15, 0.2) is 48.5 Å². The van der Waals surface area contributed by atoms with Crippen LogP contribution in [0.1, 0.15) is 0 Å². The minimum absolute atomic E-state index is 0.0451. The third kappa shape index (κ3) is 6.07. The van der Waals surface area contributed by atoms with E-state index in [1.807, 2.05) is 6.07 Å². The summed E-state index contributed by atoms with van der Waals surface area (Å²) in [6, 6.07) is 15.4. The molecular formula is C17H16ClN3O3. The zero-order valence-electron chi connectivity index (χ0n) is 12.8. The van der Waals surface area contributed by atoms with Crippen LogP contribution >= 0.6 is 11.6 Å². The van der Waals surface area contributed by atoms with E-state index in [1.54, 1.807) is 48.5 Å². The standard InChI is InChI=1S/C17H16ClN3O3/c18-13-3-1-5-15(11-13)24-10-8-20-17(22)21-14-4-2-6-16(12-14)23-9-7-19/h1-6,11-12H,8-10H2,(H2,20,21,22). The second-order valence-electron chi connectivity index (χ2n) is 4.66. The fourth-order valence-corrected chi connectivity index (χ4v) is 2.03. The number of anilines is 1. The van der Waals surface area contributed by atoms with Crippen molar-refractivity contribution in [2.24, 2.45) is 0 Å². The number of halogens is 1. The first kappa shape index (κ1) is 17.4. The number of nitrogens with zero attached hydrogens (tertiary/aromatic N) is 1. The molecule has 6 nitrogen and oxygen atoms in total. The molecule has 0 saturated carbocycles. The van der Waals surface area contributed by atoms with Crippen LogP contribution in [-0.2, 0) is 0 Å². The smallest absolute Gasteiger partial charge is 0.319 e. The van der Waals surface area contributed by atoms with Gasteiger partial charge in [-0.1, -0.05) is 23.7 Å². The minimum atomic E-state index is -0.359. The number of hydrogen-bond donors (Lipinski definition) is 2. The quantitative estimate of drug-likeness (QED) is 0.753. The molecule has 0 saturated heterocycles. The molecule has 2 rings (SSSR count). The summed E-state index contributed by atoms with van der Waals surface area (Å²) in [6.45, 7) is 0.610. The predicted octanol–water partition coefficient (Wildman–Crippen LogP) is 3.44. The minimum Gasteiger partial charge on any atom is -0.492 e. The summed E-state index contributed by atoms with van der Waals surface area (Å²) < 4.78 is 10.6. The van der Waals surface area contributed by atoms with Gasteiger partial charge in [0.2, 0.25) is 0 Å². The predicted molar refractivity (Wildman–Crippen MR) is 91.5 cm³/mol. The summed E-state index contributed by atoms with van der Waals surface area (Å²) in [7, 11) is 0. The molecule has 124 valence electrons. The molecular weight excluding hydrogens is 330 g/mol. The Labute approximate surface area is 144 Å². The Morgan fingerprint density at radius 3 is 2.62 bits per heavy atom. The number of benzene rings is 2. The van der Waals surface area contributed by atoms with Gasteiger partial charge in [0.25, 0.3) is 0 Å². The maximum atomic E-state index is 11.8. The molecule has 24 heavy (non-hydrogen) atoms. The highest BCUT2D eigenvalue weighted by atomic mass is 35.5. The van der Waals surface area contributed by atoms with E-state index in [1.165, 1.54) is 0 Å². The zero-order valence-corrected chi connectivity index (χ0v) is 13.5. The first-order valence-corrected chi connectivity index (χ1v) is 7.58. The number of nitrogens with one attached hydrogen (secondary N) is 2. The number of ether oxygens (including phenoxy) is 2. The van der Waals surface area contributed by atoms with Gasteiger partial charge in [0.15, 0.2) is 6.61 Å². The second-order valence-corrected chi connectivity index (χ2v) is 5.10. The number of nitriles is 1. The molecule has 0 heterocycles. The third-order valence-corrected chi connectivity index (χ3v) is 3.08. The monoisotopic (exact) mass is 345 g/mol. The Morgan fingerprint density at radius 2 is 1.88 bits per heavy atom. The average molecular weight is 346 g/mol. The lowest BCUT2D eigenvalue weighted by molar-refractivity contribution is 0.247. The maximum Gasteiger partial charge on any atom is 0.319 e. The summed E-state index contributed by atoms with van der Waals surface area (Å²) in [5.74, 6) is 1.16. The van der Waals surface area contributed by atoms with Gasteiger partial charge in [0.05, 0.1) is 6.54 Å². The Hall–Kier alpha value is -2.91.